The lowest BCUT2D eigenvalue weighted by Gasteiger charge is -2.16. The summed E-state index contributed by atoms with van der Waals surface area (Å²) in [5.74, 6) is 1.94. The fraction of sp³-hybridized carbons (Fsp3) is 1.00. The second-order valence-corrected chi connectivity index (χ2v) is 6.51. The van der Waals surface area contributed by atoms with E-state index in [1.807, 2.05) is 0 Å². The minimum absolute atomic E-state index is 0.866. The minimum atomic E-state index is 0.866. The Hall–Kier alpha value is -0.160. The summed E-state index contributed by atoms with van der Waals surface area (Å²) in [5.41, 5.74) is 0. The van der Waals surface area contributed by atoms with Crippen LogP contribution >= 0.6 is 0 Å². The van der Waals surface area contributed by atoms with Crippen LogP contribution in [0.3, 0.4) is 0 Å². The third-order valence-corrected chi connectivity index (χ3v) is 5.45. The molecule has 0 radical (unpaired) electrons. The third-order valence-electron chi connectivity index (χ3n) is 5.45. The molecule has 4 rings (SSSR count). The van der Waals surface area contributed by atoms with E-state index < -0.39 is 0 Å². The van der Waals surface area contributed by atoms with Gasteiger partial charge in [0.15, 0.2) is 0 Å². The van der Waals surface area contributed by atoms with Crippen LogP contribution in [-0.2, 0) is 0 Å². The molecule has 0 aromatic carbocycles. The summed E-state index contributed by atoms with van der Waals surface area (Å²) in [6, 6.07) is 1.73. The number of nitrogens with one attached hydrogen (secondary N) is 2. The fourth-order valence-corrected chi connectivity index (χ4v) is 4.13. The zero-order valence-electron chi connectivity index (χ0n) is 11.9. The lowest BCUT2D eigenvalue weighted by atomic mass is 10.1. The second-order valence-electron chi connectivity index (χ2n) is 6.51. The van der Waals surface area contributed by atoms with Gasteiger partial charge in [0.25, 0.3) is 0 Å². The van der Waals surface area contributed by atoms with Crippen LogP contribution in [0, 0.1) is 11.8 Å². The predicted molar refractivity (Wildman–Crippen MR) is 74.8 cm³/mol. The van der Waals surface area contributed by atoms with Gasteiger partial charge in [0.2, 0.25) is 0 Å². The summed E-state index contributed by atoms with van der Waals surface area (Å²) in [7, 11) is 4.47. The van der Waals surface area contributed by atoms with Crippen LogP contribution in [0.2, 0.25) is 0 Å². The average molecular weight is 252 g/mol. The van der Waals surface area contributed by atoms with Crippen molar-refractivity contribution in [3.05, 3.63) is 0 Å². The van der Waals surface area contributed by atoms with Gasteiger partial charge in [-0.1, -0.05) is 0 Å². The Morgan fingerprint density at radius 3 is 1.56 bits per heavy atom. The maximum Gasteiger partial charge on any atom is 0.0258 e. The number of fused-ring (bicyclic) bond motifs is 2. The van der Waals surface area contributed by atoms with Crippen LogP contribution in [0.5, 0.6) is 0 Å². The van der Waals surface area contributed by atoms with E-state index >= 15 is 0 Å². The van der Waals surface area contributed by atoms with Crippen LogP contribution in [0.4, 0.5) is 0 Å². The van der Waals surface area contributed by atoms with Gasteiger partial charge in [-0.2, -0.15) is 0 Å². The molecular formula is C14H28N4. The van der Waals surface area contributed by atoms with E-state index in [2.05, 4.69) is 34.5 Å². The minimum Gasteiger partial charge on any atom is -0.315 e. The van der Waals surface area contributed by atoms with Crippen LogP contribution in [0.1, 0.15) is 12.8 Å². The largest absolute Gasteiger partial charge is 0.315 e. The smallest absolute Gasteiger partial charge is 0.0258 e. The molecule has 4 saturated heterocycles. The van der Waals surface area contributed by atoms with E-state index in [9.17, 15) is 0 Å². The molecule has 4 nitrogen and oxygen atoms in total. The van der Waals surface area contributed by atoms with Gasteiger partial charge in [0, 0.05) is 25.2 Å². The Balaban J connectivity index is 0.000000111. The molecule has 104 valence electrons. The molecule has 2 N–H and O–H groups in total. The van der Waals surface area contributed by atoms with Crippen molar-refractivity contribution in [3.63, 3.8) is 0 Å². The van der Waals surface area contributed by atoms with Crippen LogP contribution in [0.25, 0.3) is 0 Å². The lowest BCUT2D eigenvalue weighted by molar-refractivity contribution is 0.308. The molecule has 0 aromatic heterocycles. The second kappa shape index (κ2) is 5.45. The number of rotatable bonds is 0. The van der Waals surface area contributed by atoms with Crippen LogP contribution < -0.4 is 10.6 Å². The monoisotopic (exact) mass is 252 g/mol. The van der Waals surface area contributed by atoms with E-state index in [1.165, 1.54) is 52.1 Å². The van der Waals surface area contributed by atoms with Gasteiger partial charge in [-0.3, -0.25) is 0 Å². The summed E-state index contributed by atoms with van der Waals surface area (Å²) in [6.07, 6.45) is 2.82. The highest BCUT2D eigenvalue weighted by Gasteiger charge is 2.35. The molecule has 0 bridgehead atoms. The zero-order chi connectivity index (χ0) is 12.5. The van der Waals surface area contributed by atoms with Gasteiger partial charge in [-0.05, 0) is 65.0 Å². The molecule has 4 fully saturated rings. The van der Waals surface area contributed by atoms with Crippen molar-refractivity contribution in [1.29, 1.82) is 0 Å². The van der Waals surface area contributed by atoms with Crippen molar-refractivity contribution in [3.8, 4) is 0 Å². The van der Waals surface area contributed by atoms with Gasteiger partial charge in [0.1, 0.15) is 0 Å². The molecule has 4 heterocycles. The first-order chi connectivity index (χ1) is 8.75. The zero-order valence-corrected chi connectivity index (χ0v) is 11.9. The first kappa shape index (κ1) is 12.9. The van der Waals surface area contributed by atoms with Crippen molar-refractivity contribution in [2.45, 2.75) is 24.9 Å². The molecule has 0 spiro atoms. The van der Waals surface area contributed by atoms with E-state index in [0.29, 0.717) is 0 Å². The van der Waals surface area contributed by atoms with Crippen molar-refractivity contribution in [1.82, 2.24) is 20.4 Å². The molecule has 18 heavy (non-hydrogen) atoms. The molecule has 0 aromatic rings. The van der Waals surface area contributed by atoms with Crippen LogP contribution in [0.15, 0.2) is 0 Å². The van der Waals surface area contributed by atoms with Gasteiger partial charge >= 0.3 is 0 Å². The first-order valence-corrected chi connectivity index (χ1v) is 7.57. The highest BCUT2D eigenvalue weighted by molar-refractivity contribution is 4.93. The normalized spacial score (nSPS) is 43.7. The van der Waals surface area contributed by atoms with Crippen molar-refractivity contribution >= 4 is 0 Å². The van der Waals surface area contributed by atoms with Crippen molar-refractivity contribution in [2.24, 2.45) is 11.8 Å². The number of likely N-dealkylation sites (tertiary alicyclic amines) is 2. The topological polar surface area (TPSA) is 30.5 Å². The predicted octanol–water partition coefficient (Wildman–Crippen LogP) is -0.180. The van der Waals surface area contributed by atoms with Crippen LogP contribution in [-0.4, -0.2) is 75.2 Å². The number of hydrogen-bond donors (Lipinski definition) is 2. The molecular weight excluding hydrogens is 224 g/mol. The van der Waals surface area contributed by atoms with Crippen molar-refractivity contribution in [2.75, 3.05) is 53.4 Å². The van der Waals surface area contributed by atoms with Gasteiger partial charge < -0.3 is 20.4 Å². The highest BCUT2D eigenvalue weighted by atomic mass is 15.2. The maximum atomic E-state index is 3.41. The lowest BCUT2D eigenvalue weighted by Crippen LogP contribution is -2.30. The van der Waals surface area contributed by atoms with Gasteiger partial charge in [-0.15, -0.1) is 0 Å². The fourth-order valence-electron chi connectivity index (χ4n) is 4.13. The maximum absolute atomic E-state index is 3.41. The van der Waals surface area contributed by atoms with Crippen molar-refractivity contribution < 1.29 is 0 Å². The number of hydrogen-bond acceptors (Lipinski definition) is 4. The molecule has 4 atom stereocenters. The summed E-state index contributed by atoms with van der Waals surface area (Å²) in [4.78, 5) is 4.95. The van der Waals surface area contributed by atoms with Gasteiger partial charge in [0.05, 0.1) is 0 Å². The van der Waals surface area contributed by atoms with E-state index in [1.54, 1.807) is 0 Å². The molecule has 4 unspecified atom stereocenters. The summed E-state index contributed by atoms with van der Waals surface area (Å²) in [6.45, 7) is 7.60. The number of likely N-dealkylation sites (N-methyl/N-ethyl adjacent to an activating group) is 2. The quantitative estimate of drug-likeness (QED) is 0.626. The third kappa shape index (κ3) is 2.44. The molecule has 4 aliphatic heterocycles. The molecule has 0 aliphatic carbocycles. The van der Waals surface area contributed by atoms with E-state index in [4.69, 9.17) is 0 Å². The summed E-state index contributed by atoms with van der Waals surface area (Å²) < 4.78 is 0. The first-order valence-electron chi connectivity index (χ1n) is 7.57. The van der Waals surface area contributed by atoms with Gasteiger partial charge in [-0.25, -0.2) is 0 Å². The molecule has 0 saturated carbocycles. The summed E-state index contributed by atoms with van der Waals surface area (Å²) >= 11 is 0. The number of nitrogens with zero attached hydrogens (tertiary/aromatic N) is 2. The molecule has 4 heteroatoms. The Bertz CT molecular complexity index is 255. The summed E-state index contributed by atoms with van der Waals surface area (Å²) in [5, 5.41) is 6.83. The Labute approximate surface area is 111 Å². The highest BCUT2D eigenvalue weighted by Crippen LogP contribution is 2.25. The SMILES string of the molecule is CN1CCC2CNCC21.CN1CCC2CNCC21. The van der Waals surface area contributed by atoms with E-state index in [0.717, 1.165) is 23.9 Å². The standard InChI is InChI=1S/2C7H14N2/c2*1-9-3-2-6-4-8-5-7(6)9/h2*6-8H,2-5H2,1H3. The Kier molecular flexibility index (Phi) is 3.89. The molecule has 4 aliphatic rings. The Morgan fingerprint density at radius 2 is 1.17 bits per heavy atom. The Morgan fingerprint density at radius 1 is 0.722 bits per heavy atom. The van der Waals surface area contributed by atoms with E-state index in [-0.39, 0.29) is 0 Å². The average Bonchev–Trinajstić information content (AvgIpc) is 3.06. The molecule has 0 amide bonds.